The van der Waals surface area contributed by atoms with Gasteiger partial charge in [-0.15, -0.1) is 0 Å². The largest absolute Gasteiger partial charge is 0.263 e. The molecule has 1 aromatic rings. The molecule has 2 N–H and O–H groups in total. The van der Waals surface area contributed by atoms with Crippen LogP contribution in [0.3, 0.4) is 0 Å². The zero-order valence-corrected chi connectivity index (χ0v) is 11.5. The number of aromatic nitrogens is 3. The van der Waals surface area contributed by atoms with Gasteiger partial charge in [0.05, 0.1) is 6.26 Å². The van der Waals surface area contributed by atoms with Crippen molar-refractivity contribution in [1.29, 1.82) is 0 Å². The van der Waals surface area contributed by atoms with Crippen molar-refractivity contribution in [2.75, 3.05) is 6.26 Å². The van der Waals surface area contributed by atoms with E-state index in [9.17, 15) is 8.42 Å². The van der Waals surface area contributed by atoms with E-state index in [0.717, 1.165) is 12.2 Å². The van der Waals surface area contributed by atoms with Crippen molar-refractivity contribution in [2.24, 2.45) is 5.92 Å². The van der Waals surface area contributed by atoms with Gasteiger partial charge in [-0.3, -0.25) is 5.10 Å². The summed E-state index contributed by atoms with van der Waals surface area (Å²) in [6, 6.07) is 0. The van der Waals surface area contributed by atoms with Crippen LogP contribution in [0.15, 0.2) is 6.33 Å². The number of hydrogen-bond acceptors (Lipinski definition) is 4. The highest BCUT2D eigenvalue weighted by atomic mass is 32.2. The normalized spacial score (nSPS) is 14.8. The molecule has 0 saturated carbocycles. The van der Waals surface area contributed by atoms with Crippen LogP contribution in [0.1, 0.15) is 33.0 Å². The zero-order chi connectivity index (χ0) is 13.1. The maximum atomic E-state index is 11.3. The van der Waals surface area contributed by atoms with Gasteiger partial charge in [0, 0.05) is 12.0 Å². The molecule has 6 nitrogen and oxygen atoms in total. The first-order valence-corrected chi connectivity index (χ1v) is 7.47. The minimum atomic E-state index is -3.21. The third kappa shape index (κ3) is 4.43. The summed E-state index contributed by atoms with van der Waals surface area (Å²) in [6.07, 6.45) is 4.16. The van der Waals surface area contributed by atoms with Gasteiger partial charge in [-0.2, -0.15) is 5.10 Å². The molecule has 0 aliphatic rings. The minimum absolute atomic E-state index is 0.158. The lowest BCUT2D eigenvalue weighted by Gasteiger charge is -2.33. The highest BCUT2D eigenvalue weighted by Gasteiger charge is 2.31. The number of nitrogens with one attached hydrogen (secondary N) is 2. The lowest BCUT2D eigenvalue weighted by molar-refractivity contribution is 0.278. The van der Waals surface area contributed by atoms with Crippen molar-refractivity contribution in [3.8, 4) is 0 Å². The predicted molar refractivity (Wildman–Crippen MR) is 65.9 cm³/mol. The second-order valence-corrected chi connectivity index (χ2v) is 6.59. The molecule has 98 valence electrons. The maximum absolute atomic E-state index is 11.3. The molecule has 0 spiro atoms. The Balaban J connectivity index is 2.78. The first-order valence-electron chi connectivity index (χ1n) is 5.58. The van der Waals surface area contributed by atoms with E-state index in [2.05, 4.69) is 19.9 Å². The highest BCUT2D eigenvalue weighted by molar-refractivity contribution is 7.88. The monoisotopic (exact) mass is 260 g/mol. The molecule has 0 aliphatic carbocycles. The van der Waals surface area contributed by atoms with E-state index < -0.39 is 15.6 Å². The Morgan fingerprint density at radius 3 is 2.59 bits per heavy atom. The Morgan fingerprint density at radius 2 is 2.18 bits per heavy atom. The molecular weight excluding hydrogens is 240 g/mol. The van der Waals surface area contributed by atoms with E-state index in [-0.39, 0.29) is 5.92 Å². The van der Waals surface area contributed by atoms with E-state index in [4.69, 9.17) is 0 Å². The third-order valence-corrected chi connectivity index (χ3v) is 3.76. The van der Waals surface area contributed by atoms with Gasteiger partial charge in [-0.1, -0.05) is 13.3 Å². The van der Waals surface area contributed by atoms with Crippen LogP contribution in [-0.2, 0) is 16.4 Å². The molecule has 17 heavy (non-hydrogen) atoms. The summed E-state index contributed by atoms with van der Waals surface area (Å²) < 4.78 is 25.3. The summed E-state index contributed by atoms with van der Waals surface area (Å²) in [5, 5.41) is 6.59. The molecule has 1 heterocycles. The number of hydrogen-bond donors (Lipinski definition) is 2. The minimum Gasteiger partial charge on any atom is -0.263 e. The summed E-state index contributed by atoms with van der Waals surface area (Å²) in [6.45, 7) is 5.81. The fourth-order valence-corrected chi connectivity index (χ4v) is 3.16. The molecule has 1 atom stereocenters. The number of H-pyrrole nitrogens is 1. The molecular formula is C10H20N4O2S. The van der Waals surface area contributed by atoms with Gasteiger partial charge in [0.15, 0.2) is 0 Å². The second kappa shape index (κ2) is 5.14. The molecule has 0 saturated heterocycles. The van der Waals surface area contributed by atoms with Gasteiger partial charge in [-0.25, -0.2) is 18.1 Å². The van der Waals surface area contributed by atoms with Crippen LogP contribution in [-0.4, -0.2) is 35.4 Å². The highest BCUT2D eigenvalue weighted by Crippen LogP contribution is 2.23. The van der Waals surface area contributed by atoms with Gasteiger partial charge < -0.3 is 0 Å². The number of sulfonamides is 1. The molecule has 1 rings (SSSR count). The van der Waals surface area contributed by atoms with Crippen molar-refractivity contribution in [1.82, 2.24) is 19.9 Å². The van der Waals surface area contributed by atoms with Gasteiger partial charge in [0.25, 0.3) is 0 Å². The first-order chi connectivity index (χ1) is 7.74. The SMILES string of the molecule is CCC(Cc1ncn[nH]1)C(C)(C)NS(C)(=O)=O. The topological polar surface area (TPSA) is 87.7 Å². The van der Waals surface area contributed by atoms with Crippen molar-refractivity contribution < 1.29 is 8.42 Å². The summed E-state index contributed by atoms with van der Waals surface area (Å²) >= 11 is 0. The molecule has 1 aromatic heterocycles. The Hall–Kier alpha value is -0.950. The quantitative estimate of drug-likeness (QED) is 0.788. The van der Waals surface area contributed by atoms with Crippen molar-refractivity contribution >= 4 is 10.0 Å². The van der Waals surface area contributed by atoms with Gasteiger partial charge in [-0.05, 0) is 19.8 Å². The smallest absolute Gasteiger partial charge is 0.209 e. The van der Waals surface area contributed by atoms with Crippen molar-refractivity contribution in [2.45, 2.75) is 39.2 Å². The predicted octanol–water partition coefficient (Wildman–Crippen LogP) is 0.701. The zero-order valence-electron chi connectivity index (χ0n) is 10.7. The van der Waals surface area contributed by atoms with Crippen LogP contribution in [0, 0.1) is 5.92 Å². The van der Waals surface area contributed by atoms with Gasteiger partial charge >= 0.3 is 0 Å². The summed E-state index contributed by atoms with van der Waals surface area (Å²) in [5.41, 5.74) is -0.505. The summed E-state index contributed by atoms with van der Waals surface area (Å²) in [7, 11) is -3.21. The molecule has 7 heteroatoms. The van der Waals surface area contributed by atoms with E-state index in [1.54, 1.807) is 0 Å². The van der Waals surface area contributed by atoms with Crippen LogP contribution >= 0.6 is 0 Å². The molecule has 1 unspecified atom stereocenters. The second-order valence-electron chi connectivity index (χ2n) is 4.84. The van der Waals surface area contributed by atoms with Crippen LogP contribution in [0.25, 0.3) is 0 Å². The lowest BCUT2D eigenvalue weighted by atomic mass is 9.83. The number of nitrogens with zero attached hydrogens (tertiary/aromatic N) is 2. The van der Waals surface area contributed by atoms with E-state index in [0.29, 0.717) is 6.42 Å². The maximum Gasteiger partial charge on any atom is 0.209 e. The molecule has 0 fully saturated rings. The summed E-state index contributed by atoms with van der Waals surface area (Å²) in [4.78, 5) is 4.07. The Labute approximate surface area is 102 Å². The summed E-state index contributed by atoms with van der Waals surface area (Å²) in [5.74, 6) is 0.936. The Morgan fingerprint density at radius 1 is 1.53 bits per heavy atom. The molecule has 0 bridgehead atoms. The molecule has 0 aromatic carbocycles. The molecule has 0 amide bonds. The fourth-order valence-electron chi connectivity index (χ4n) is 2.03. The van der Waals surface area contributed by atoms with Crippen LogP contribution in [0.2, 0.25) is 0 Å². The lowest BCUT2D eigenvalue weighted by Crippen LogP contribution is -2.49. The fraction of sp³-hybridized carbons (Fsp3) is 0.800. The van der Waals surface area contributed by atoms with E-state index in [1.165, 1.54) is 12.6 Å². The van der Waals surface area contributed by atoms with Crippen LogP contribution in [0.4, 0.5) is 0 Å². The standard InChI is InChI=1S/C10H20N4O2S/c1-5-8(6-9-11-7-12-13-9)10(2,3)14-17(4,15)16/h7-8,14H,5-6H2,1-4H3,(H,11,12,13). The van der Waals surface area contributed by atoms with Gasteiger partial charge in [0.1, 0.15) is 12.2 Å². The number of aromatic amines is 1. The van der Waals surface area contributed by atoms with E-state index >= 15 is 0 Å². The first kappa shape index (κ1) is 14.1. The van der Waals surface area contributed by atoms with Crippen LogP contribution < -0.4 is 4.72 Å². The van der Waals surface area contributed by atoms with Crippen LogP contribution in [0.5, 0.6) is 0 Å². The average Bonchev–Trinajstić information content (AvgIpc) is 2.61. The Kier molecular flexibility index (Phi) is 4.26. The van der Waals surface area contributed by atoms with Crippen molar-refractivity contribution in [3.05, 3.63) is 12.2 Å². The Bertz CT molecular complexity index is 439. The third-order valence-electron chi connectivity index (χ3n) is 2.87. The van der Waals surface area contributed by atoms with Gasteiger partial charge in [0.2, 0.25) is 10.0 Å². The van der Waals surface area contributed by atoms with Crippen molar-refractivity contribution in [3.63, 3.8) is 0 Å². The molecule has 0 aliphatic heterocycles. The number of rotatable bonds is 6. The van der Waals surface area contributed by atoms with E-state index in [1.807, 2.05) is 20.8 Å². The average molecular weight is 260 g/mol. The molecule has 0 radical (unpaired) electrons.